The fourth-order valence-corrected chi connectivity index (χ4v) is 5.67. The maximum Gasteiger partial charge on any atom is 0.256 e. The molecule has 1 aliphatic carbocycles. The minimum Gasteiger partial charge on any atom is -0.389 e. The first-order valence-corrected chi connectivity index (χ1v) is 12.9. The van der Waals surface area contributed by atoms with Crippen molar-refractivity contribution in [2.75, 3.05) is 0 Å². The molecule has 1 saturated carbocycles. The monoisotopic (exact) mass is 473 g/mol. The van der Waals surface area contributed by atoms with Gasteiger partial charge in [0.15, 0.2) is 0 Å². The number of aryl methyl sites for hydroxylation is 1. The van der Waals surface area contributed by atoms with Gasteiger partial charge in [0.2, 0.25) is 0 Å². The fraction of sp³-hybridized carbons (Fsp3) is 0.714. The predicted octanol–water partition coefficient (Wildman–Crippen LogP) is 4.56. The molecular weight excluding hydrogens is 430 g/mol. The SMILES string of the molecule is CCC(C)CC(C)/C=C(\C)C1OC(c2cc(C3(O)CCC(=O)CC3O)cn(C)c2=O)CCC1C. The number of allylic oxidation sites excluding steroid dienone is 1. The van der Waals surface area contributed by atoms with E-state index in [1.807, 2.05) is 0 Å². The Bertz CT molecular complexity index is 966. The van der Waals surface area contributed by atoms with Crippen LogP contribution < -0.4 is 5.56 Å². The summed E-state index contributed by atoms with van der Waals surface area (Å²) in [6.07, 6.45) is 6.54. The molecule has 0 spiro atoms. The first kappa shape index (κ1) is 26.8. The first-order valence-electron chi connectivity index (χ1n) is 12.9. The topological polar surface area (TPSA) is 88.8 Å². The molecule has 1 aromatic rings. The van der Waals surface area contributed by atoms with Crippen molar-refractivity contribution in [3.63, 3.8) is 0 Å². The van der Waals surface area contributed by atoms with E-state index in [0.717, 1.165) is 19.3 Å². The quantitative estimate of drug-likeness (QED) is 0.567. The van der Waals surface area contributed by atoms with Crippen LogP contribution in [0.2, 0.25) is 0 Å². The van der Waals surface area contributed by atoms with E-state index < -0.39 is 11.7 Å². The van der Waals surface area contributed by atoms with Crippen molar-refractivity contribution < 1.29 is 19.7 Å². The lowest BCUT2D eigenvalue weighted by molar-refractivity contribution is -0.142. The fourth-order valence-electron chi connectivity index (χ4n) is 5.67. The van der Waals surface area contributed by atoms with Crippen molar-refractivity contribution in [3.05, 3.63) is 45.4 Å². The maximum atomic E-state index is 13.1. The number of carbonyl (C=O) groups excluding carboxylic acids is 1. The molecule has 1 aromatic heterocycles. The van der Waals surface area contributed by atoms with Gasteiger partial charge < -0.3 is 19.5 Å². The van der Waals surface area contributed by atoms with Crippen LogP contribution in [-0.4, -0.2) is 32.8 Å². The standard InChI is InChI=1S/C28H43NO5/c1-7-17(2)12-18(3)13-20(5)26-19(4)8-9-24(34-26)23-14-21(16-29(6)27(23)32)28(33)11-10-22(30)15-25(28)31/h13-14,16-19,24-26,31,33H,7-12,15H2,1-6H3/b20-13+. The van der Waals surface area contributed by atoms with Crippen LogP contribution in [-0.2, 0) is 22.2 Å². The second kappa shape index (κ2) is 10.9. The Kier molecular flexibility index (Phi) is 8.59. The normalized spacial score (nSPS) is 32.5. The molecule has 1 aliphatic heterocycles. The van der Waals surface area contributed by atoms with E-state index in [4.69, 9.17) is 4.74 Å². The van der Waals surface area contributed by atoms with Gasteiger partial charge in [0.1, 0.15) is 11.4 Å². The van der Waals surface area contributed by atoms with Gasteiger partial charge in [-0.1, -0.05) is 40.2 Å². The second-order valence-electron chi connectivity index (χ2n) is 11.0. The molecule has 2 N–H and O–H groups in total. The Morgan fingerprint density at radius 3 is 2.68 bits per heavy atom. The number of rotatable bonds is 7. The summed E-state index contributed by atoms with van der Waals surface area (Å²) in [5, 5.41) is 21.8. The molecule has 2 aliphatic rings. The van der Waals surface area contributed by atoms with Crippen LogP contribution >= 0.6 is 0 Å². The van der Waals surface area contributed by atoms with E-state index in [9.17, 15) is 19.8 Å². The Balaban J connectivity index is 1.88. The first-order chi connectivity index (χ1) is 16.0. The lowest BCUT2D eigenvalue weighted by Crippen LogP contribution is -2.45. The molecule has 0 bridgehead atoms. The molecule has 0 aromatic carbocycles. The molecular formula is C28H43NO5. The van der Waals surface area contributed by atoms with Gasteiger partial charge >= 0.3 is 0 Å². The van der Waals surface area contributed by atoms with E-state index in [-0.39, 0.29) is 42.8 Å². The molecule has 2 fully saturated rings. The number of ether oxygens (including phenoxy) is 1. The predicted molar refractivity (Wildman–Crippen MR) is 133 cm³/mol. The van der Waals surface area contributed by atoms with Crippen LogP contribution in [0, 0.1) is 17.8 Å². The van der Waals surface area contributed by atoms with E-state index in [0.29, 0.717) is 28.9 Å². The molecule has 7 unspecified atom stereocenters. The molecule has 6 heteroatoms. The zero-order valence-electron chi connectivity index (χ0n) is 21.7. The van der Waals surface area contributed by atoms with Crippen LogP contribution in [0.4, 0.5) is 0 Å². The van der Waals surface area contributed by atoms with Gasteiger partial charge in [-0.05, 0) is 62.0 Å². The minimum atomic E-state index is -1.54. The third kappa shape index (κ3) is 5.72. The molecule has 34 heavy (non-hydrogen) atoms. The summed E-state index contributed by atoms with van der Waals surface area (Å²) in [7, 11) is 1.66. The number of hydrogen-bond donors (Lipinski definition) is 2. The van der Waals surface area contributed by atoms with Crippen LogP contribution in [0.25, 0.3) is 0 Å². The summed E-state index contributed by atoms with van der Waals surface area (Å²) >= 11 is 0. The number of ketones is 1. The number of aliphatic hydroxyl groups excluding tert-OH is 1. The highest BCUT2D eigenvalue weighted by molar-refractivity contribution is 5.80. The van der Waals surface area contributed by atoms with Gasteiger partial charge in [-0.3, -0.25) is 9.59 Å². The number of Topliss-reactive ketones (excluding diaryl/α,β-unsaturated/α-hetero) is 1. The van der Waals surface area contributed by atoms with E-state index in [2.05, 4.69) is 40.7 Å². The summed E-state index contributed by atoms with van der Waals surface area (Å²) in [5.74, 6) is 1.44. The molecule has 190 valence electrons. The van der Waals surface area contributed by atoms with Gasteiger partial charge in [-0.25, -0.2) is 0 Å². The summed E-state index contributed by atoms with van der Waals surface area (Å²) in [6, 6.07) is 1.70. The third-order valence-corrected chi connectivity index (χ3v) is 7.99. The molecule has 2 heterocycles. The van der Waals surface area contributed by atoms with Crippen molar-refractivity contribution in [1.29, 1.82) is 0 Å². The summed E-state index contributed by atoms with van der Waals surface area (Å²) in [6.45, 7) is 11.1. The van der Waals surface area contributed by atoms with E-state index in [1.165, 1.54) is 16.6 Å². The highest BCUT2D eigenvalue weighted by Crippen LogP contribution is 2.40. The highest BCUT2D eigenvalue weighted by atomic mass is 16.5. The smallest absolute Gasteiger partial charge is 0.256 e. The Hall–Kier alpha value is -1.76. The van der Waals surface area contributed by atoms with Gasteiger partial charge in [-0.2, -0.15) is 0 Å². The van der Waals surface area contributed by atoms with E-state index in [1.54, 1.807) is 19.3 Å². The van der Waals surface area contributed by atoms with Crippen molar-refractivity contribution in [2.45, 2.75) is 103 Å². The number of nitrogens with zero attached hydrogens (tertiary/aromatic N) is 1. The van der Waals surface area contributed by atoms with Crippen LogP contribution in [0.3, 0.4) is 0 Å². The Morgan fingerprint density at radius 1 is 1.32 bits per heavy atom. The van der Waals surface area contributed by atoms with Gasteiger partial charge in [-0.15, -0.1) is 0 Å². The molecule has 3 rings (SSSR count). The molecule has 1 saturated heterocycles. The maximum absolute atomic E-state index is 13.1. The van der Waals surface area contributed by atoms with Crippen LogP contribution in [0.5, 0.6) is 0 Å². The molecule has 6 nitrogen and oxygen atoms in total. The van der Waals surface area contributed by atoms with Crippen molar-refractivity contribution in [3.8, 4) is 0 Å². The van der Waals surface area contributed by atoms with Crippen molar-refractivity contribution in [1.82, 2.24) is 4.57 Å². The van der Waals surface area contributed by atoms with Crippen molar-refractivity contribution in [2.24, 2.45) is 24.8 Å². The minimum absolute atomic E-state index is 0.0560. The Labute approximate surface area is 204 Å². The van der Waals surface area contributed by atoms with Crippen LogP contribution in [0.15, 0.2) is 28.7 Å². The Morgan fingerprint density at radius 2 is 2.03 bits per heavy atom. The number of carbonyl (C=O) groups is 1. The molecule has 0 radical (unpaired) electrons. The van der Waals surface area contributed by atoms with Gasteiger partial charge in [0, 0.05) is 37.2 Å². The van der Waals surface area contributed by atoms with Gasteiger partial charge in [0.05, 0.1) is 18.3 Å². The average molecular weight is 474 g/mol. The second-order valence-corrected chi connectivity index (χ2v) is 11.0. The third-order valence-electron chi connectivity index (χ3n) is 7.99. The van der Waals surface area contributed by atoms with Crippen LogP contribution in [0.1, 0.15) is 96.8 Å². The van der Waals surface area contributed by atoms with Crippen molar-refractivity contribution >= 4 is 5.78 Å². The number of pyridine rings is 1. The zero-order valence-corrected chi connectivity index (χ0v) is 21.7. The number of aliphatic hydroxyl groups is 2. The number of aromatic nitrogens is 1. The lowest BCUT2D eigenvalue weighted by atomic mass is 9.76. The highest BCUT2D eigenvalue weighted by Gasteiger charge is 2.43. The summed E-state index contributed by atoms with van der Waals surface area (Å²) in [4.78, 5) is 24.9. The van der Waals surface area contributed by atoms with Gasteiger partial charge in [0.25, 0.3) is 5.56 Å². The molecule has 0 amide bonds. The summed E-state index contributed by atoms with van der Waals surface area (Å²) in [5.41, 5.74) is 0.490. The largest absolute Gasteiger partial charge is 0.389 e. The molecule has 7 atom stereocenters. The van der Waals surface area contributed by atoms with E-state index >= 15 is 0 Å². The zero-order chi connectivity index (χ0) is 25.2. The average Bonchev–Trinajstić information content (AvgIpc) is 2.78. The lowest BCUT2D eigenvalue weighted by Gasteiger charge is -2.38. The summed E-state index contributed by atoms with van der Waals surface area (Å²) < 4.78 is 8.01. The number of hydrogen-bond acceptors (Lipinski definition) is 5.